The summed E-state index contributed by atoms with van der Waals surface area (Å²) in [4.78, 5) is 0. The summed E-state index contributed by atoms with van der Waals surface area (Å²) in [6, 6.07) is 0. The van der Waals surface area contributed by atoms with Crippen LogP contribution in [-0.4, -0.2) is 17.1 Å². The van der Waals surface area contributed by atoms with Crippen molar-refractivity contribution in [2.24, 2.45) is 0 Å². The average molecular weight is 175 g/mol. The molecule has 0 saturated carbocycles. The molecule has 1 nitrogen and oxygen atoms in total. The highest BCUT2D eigenvalue weighted by Crippen LogP contribution is 2.15. The van der Waals surface area contributed by atoms with Gasteiger partial charge in [0.1, 0.15) is 5.38 Å². The van der Waals surface area contributed by atoms with Crippen LogP contribution in [0.15, 0.2) is 0 Å². The lowest BCUT2D eigenvalue weighted by molar-refractivity contribution is -0.0470. The zero-order valence-corrected chi connectivity index (χ0v) is 8.27. The highest BCUT2D eigenvalue weighted by molar-refractivity contribution is 6.22. The lowest BCUT2D eigenvalue weighted by Crippen LogP contribution is -2.30. The smallest absolute Gasteiger partial charge is 0.120 e. The number of rotatable bonds is 2. The molecule has 0 unspecified atom stereocenters. The summed E-state index contributed by atoms with van der Waals surface area (Å²) >= 11 is 5.76. The first-order valence-corrected chi connectivity index (χ1v) is 4.08. The highest BCUT2D eigenvalue weighted by Gasteiger charge is 2.19. The minimum Gasteiger partial charge on any atom is -0.370 e. The Morgan fingerprint density at radius 1 is 1.45 bits per heavy atom. The van der Waals surface area contributed by atoms with Crippen LogP contribution in [0.4, 0.5) is 0 Å². The molecule has 64 valence electrons. The van der Waals surface area contributed by atoms with Crippen molar-refractivity contribution < 1.29 is 4.74 Å². The Bertz CT molecular complexity index is 152. The predicted octanol–water partition coefficient (Wildman–Crippen LogP) is 2.43. The van der Waals surface area contributed by atoms with Gasteiger partial charge in [-0.1, -0.05) is 5.92 Å². The van der Waals surface area contributed by atoms with Crippen LogP contribution in [0.2, 0.25) is 0 Å². The lowest BCUT2D eigenvalue weighted by Gasteiger charge is -2.25. The number of alkyl halides is 1. The minimum atomic E-state index is -0.339. The molecule has 0 aromatic rings. The van der Waals surface area contributed by atoms with E-state index in [1.54, 1.807) is 0 Å². The maximum atomic E-state index is 5.76. The normalized spacial score (nSPS) is 17.1. The van der Waals surface area contributed by atoms with E-state index in [9.17, 15) is 0 Å². The first kappa shape index (κ1) is 10.8. The van der Waals surface area contributed by atoms with Crippen LogP contribution in [0.5, 0.6) is 0 Å². The van der Waals surface area contributed by atoms with E-state index in [2.05, 4.69) is 5.92 Å². The number of hydrogen-bond donors (Lipinski definition) is 0. The monoisotopic (exact) mass is 174 g/mol. The third-order valence-electron chi connectivity index (χ3n) is 1.11. The largest absolute Gasteiger partial charge is 0.370 e. The van der Waals surface area contributed by atoms with Crippen LogP contribution >= 0.6 is 11.6 Å². The topological polar surface area (TPSA) is 9.23 Å². The maximum Gasteiger partial charge on any atom is 0.120 e. The molecule has 0 N–H and O–H groups in total. The van der Waals surface area contributed by atoms with E-state index < -0.39 is 0 Å². The molecule has 2 atom stereocenters. The summed E-state index contributed by atoms with van der Waals surface area (Å²) in [5, 5.41) is -0.339. The van der Waals surface area contributed by atoms with E-state index in [4.69, 9.17) is 22.8 Å². The maximum absolute atomic E-state index is 5.76. The van der Waals surface area contributed by atoms with E-state index in [0.717, 1.165) is 0 Å². The zero-order valence-electron chi connectivity index (χ0n) is 7.52. The van der Waals surface area contributed by atoms with Crippen molar-refractivity contribution in [2.75, 3.05) is 0 Å². The molecular weight excluding hydrogens is 160 g/mol. The van der Waals surface area contributed by atoms with Crippen molar-refractivity contribution in [3.05, 3.63) is 0 Å². The molecule has 11 heavy (non-hydrogen) atoms. The number of hydrogen-bond acceptors (Lipinski definition) is 1. The second kappa shape index (κ2) is 3.99. The fourth-order valence-electron chi connectivity index (χ4n) is 0.753. The van der Waals surface area contributed by atoms with Gasteiger partial charge in [-0.25, -0.2) is 0 Å². The van der Waals surface area contributed by atoms with Gasteiger partial charge in [0.15, 0.2) is 0 Å². The van der Waals surface area contributed by atoms with Gasteiger partial charge in [0.2, 0.25) is 0 Å². The van der Waals surface area contributed by atoms with Crippen molar-refractivity contribution in [3.63, 3.8) is 0 Å². The number of halogens is 1. The summed E-state index contributed by atoms with van der Waals surface area (Å²) in [5.74, 6) is 2.43. The Morgan fingerprint density at radius 3 is 2.18 bits per heavy atom. The molecule has 0 heterocycles. The van der Waals surface area contributed by atoms with Crippen molar-refractivity contribution in [1.29, 1.82) is 0 Å². The van der Waals surface area contributed by atoms with Gasteiger partial charge in [0.25, 0.3) is 0 Å². The van der Waals surface area contributed by atoms with Gasteiger partial charge in [-0.2, -0.15) is 0 Å². The summed E-state index contributed by atoms with van der Waals surface area (Å²) in [7, 11) is 0. The molecule has 0 aromatic carbocycles. The number of ether oxygens (including phenoxy) is 1. The second-order valence-corrected chi connectivity index (χ2v) is 3.97. The SMILES string of the molecule is C#C[C@@H](Cl)[C@H](C)OC(C)(C)C. The van der Waals surface area contributed by atoms with Crippen molar-refractivity contribution in [3.8, 4) is 12.3 Å². The van der Waals surface area contributed by atoms with Gasteiger partial charge in [0.05, 0.1) is 11.7 Å². The van der Waals surface area contributed by atoms with Crippen LogP contribution in [0.3, 0.4) is 0 Å². The Hall–Kier alpha value is -0.190. The van der Waals surface area contributed by atoms with E-state index in [0.29, 0.717) is 0 Å². The molecule has 0 aliphatic rings. The first-order chi connectivity index (χ1) is 4.87. The number of terminal acetylenes is 1. The zero-order chi connectivity index (χ0) is 9.07. The molecule has 0 aliphatic carbocycles. The third kappa shape index (κ3) is 5.12. The molecule has 0 aromatic heterocycles. The van der Waals surface area contributed by atoms with Crippen LogP contribution in [0.1, 0.15) is 27.7 Å². The Morgan fingerprint density at radius 2 is 1.91 bits per heavy atom. The van der Waals surface area contributed by atoms with E-state index >= 15 is 0 Å². The standard InChI is InChI=1S/C9H15ClO/c1-6-8(10)7(2)11-9(3,4)5/h1,7-8H,2-5H3/t7-,8+/m0/s1. The molecular formula is C9H15ClO. The fraction of sp³-hybridized carbons (Fsp3) is 0.778. The predicted molar refractivity (Wildman–Crippen MR) is 48.8 cm³/mol. The molecule has 0 fully saturated rings. The van der Waals surface area contributed by atoms with Gasteiger partial charge < -0.3 is 4.74 Å². The molecule has 0 radical (unpaired) electrons. The summed E-state index contributed by atoms with van der Waals surface area (Å²) < 4.78 is 5.52. The van der Waals surface area contributed by atoms with Gasteiger partial charge in [0, 0.05) is 0 Å². The summed E-state index contributed by atoms with van der Waals surface area (Å²) in [6.07, 6.45) is 5.03. The van der Waals surface area contributed by atoms with Gasteiger partial charge >= 0.3 is 0 Å². The quantitative estimate of drug-likeness (QED) is 0.462. The van der Waals surface area contributed by atoms with Gasteiger partial charge in [-0.15, -0.1) is 18.0 Å². The fourth-order valence-corrected chi connectivity index (χ4v) is 0.804. The van der Waals surface area contributed by atoms with Crippen LogP contribution < -0.4 is 0 Å². The van der Waals surface area contributed by atoms with Crippen LogP contribution in [0.25, 0.3) is 0 Å². The van der Waals surface area contributed by atoms with E-state index in [1.807, 2.05) is 27.7 Å². The molecule has 0 amide bonds. The average Bonchev–Trinajstić information content (AvgIpc) is 1.82. The van der Waals surface area contributed by atoms with Crippen molar-refractivity contribution >= 4 is 11.6 Å². The van der Waals surface area contributed by atoms with Crippen molar-refractivity contribution in [1.82, 2.24) is 0 Å². The van der Waals surface area contributed by atoms with E-state index in [-0.39, 0.29) is 17.1 Å². The molecule has 0 aliphatic heterocycles. The molecule has 0 bridgehead atoms. The van der Waals surface area contributed by atoms with Crippen molar-refractivity contribution in [2.45, 2.75) is 44.8 Å². The minimum absolute atomic E-state index is 0.0957. The molecule has 0 spiro atoms. The third-order valence-corrected chi connectivity index (χ3v) is 1.59. The second-order valence-electron chi connectivity index (χ2n) is 3.50. The van der Waals surface area contributed by atoms with Crippen LogP contribution in [-0.2, 0) is 4.74 Å². The van der Waals surface area contributed by atoms with Gasteiger partial charge in [-0.3, -0.25) is 0 Å². The Kier molecular flexibility index (Phi) is 3.92. The van der Waals surface area contributed by atoms with Gasteiger partial charge in [-0.05, 0) is 27.7 Å². The first-order valence-electron chi connectivity index (χ1n) is 3.65. The molecule has 0 saturated heterocycles. The lowest BCUT2D eigenvalue weighted by atomic mass is 10.1. The Labute approximate surface area is 74.1 Å². The molecule has 2 heteroatoms. The summed E-state index contributed by atoms with van der Waals surface area (Å²) in [5.41, 5.74) is -0.177. The highest BCUT2D eigenvalue weighted by atomic mass is 35.5. The van der Waals surface area contributed by atoms with Crippen LogP contribution in [0, 0.1) is 12.3 Å². The Balaban J connectivity index is 3.90. The summed E-state index contributed by atoms with van der Waals surface area (Å²) in [6.45, 7) is 7.81. The van der Waals surface area contributed by atoms with E-state index in [1.165, 1.54) is 0 Å². The molecule has 0 rings (SSSR count).